The van der Waals surface area contributed by atoms with E-state index in [2.05, 4.69) is 37.9 Å². The maximum atomic E-state index is 12.8. The van der Waals surface area contributed by atoms with Gasteiger partial charge in [0.05, 0.1) is 6.54 Å². The molecule has 0 amide bonds. The topological polar surface area (TPSA) is 94.3 Å². The number of aryl methyl sites for hydroxylation is 1. The summed E-state index contributed by atoms with van der Waals surface area (Å²) in [5.74, 6) is 1.41. The van der Waals surface area contributed by atoms with Crippen LogP contribution in [0, 0.1) is 0 Å². The Hall–Kier alpha value is -3.81. The van der Waals surface area contributed by atoms with Crippen LogP contribution in [0.4, 0.5) is 0 Å². The first kappa shape index (κ1) is 20.5. The van der Waals surface area contributed by atoms with Gasteiger partial charge in [-0.1, -0.05) is 67.6 Å². The summed E-state index contributed by atoms with van der Waals surface area (Å²) in [5, 5.41) is 18.8. The molecule has 2 aromatic carbocycles. The monoisotopic (exact) mass is 415 g/mol. The van der Waals surface area contributed by atoms with E-state index in [1.165, 1.54) is 0 Å². The van der Waals surface area contributed by atoms with Crippen molar-refractivity contribution in [3.05, 3.63) is 82.6 Å². The van der Waals surface area contributed by atoms with Crippen molar-refractivity contribution in [3.63, 3.8) is 0 Å². The number of benzene rings is 2. The summed E-state index contributed by atoms with van der Waals surface area (Å²) >= 11 is 0. The molecule has 0 unspecified atom stereocenters. The van der Waals surface area contributed by atoms with Crippen molar-refractivity contribution in [2.75, 3.05) is 0 Å². The van der Waals surface area contributed by atoms with E-state index >= 15 is 0 Å². The summed E-state index contributed by atoms with van der Waals surface area (Å²) < 4.78 is 3.33. The van der Waals surface area contributed by atoms with E-state index in [1.54, 1.807) is 9.25 Å². The minimum Gasteiger partial charge on any atom is -0.274 e. The molecule has 31 heavy (non-hydrogen) atoms. The molecule has 2 heterocycles. The summed E-state index contributed by atoms with van der Waals surface area (Å²) in [7, 11) is 0. The van der Waals surface area contributed by atoms with Gasteiger partial charge in [0.2, 0.25) is 0 Å². The van der Waals surface area contributed by atoms with Gasteiger partial charge in [-0.15, -0.1) is 5.10 Å². The first-order valence-corrected chi connectivity index (χ1v) is 10.4. The van der Waals surface area contributed by atoms with E-state index in [9.17, 15) is 4.79 Å². The quantitative estimate of drug-likeness (QED) is 0.445. The molecule has 1 N–H and O–H groups in total. The fraction of sp³-hybridized carbons (Fsp3) is 0.261. The number of H-pyrrole nitrogens is 1. The molecule has 8 nitrogen and oxygen atoms in total. The zero-order valence-electron chi connectivity index (χ0n) is 17.7. The maximum absolute atomic E-state index is 12.8. The lowest BCUT2D eigenvalue weighted by molar-refractivity contribution is 0.569. The van der Waals surface area contributed by atoms with Crippen molar-refractivity contribution >= 4 is 0 Å². The summed E-state index contributed by atoms with van der Waals surface area (Å²) in [6, 6.07) is 16.2. The molecule has 0 atom stereocenters. The van der Waals surface area contributed by atoms with Crippen LogP contribution in [0.2, 0.25) is 0 Å². The van der Waals surface area contributed by atoms with Gasteiger partial charge < -0.3 is 0 Å². The van der Waals surface area contributed by atoms with Crippen LogP contribution in [-0.2, 0) is 19.5 Å². The highest BCUT2D eigenvalue weighted by Gasteiger charge is 2.13. The van der Waals surface area contributed by atoms with Gasteiger partial charge in [0.15, 0.2) is 5.82 Å². The lowest BCUT2D eigenvalue weighted by Crippen LogP contribution is -2.25. The van der Waals surface area contributed by atoms with Crippen molar-refractivity contribution in [3.8, 4) is 22.5 Å². The summed E-state index contributed by atoms with van der Waals surface area (Å²) in [5.41, 5.74) is 4.01. The van der Waals surface area contributed by atoms with E-state index < -0.39 is 0 Å². The minimum atomic E-state index is -0.0615. The van der Waals surface area contributed by atoms with Crippen LogP contribution in [0.5, 0.6) is 0 Å². The van der Waals surface area contributed by atoms with E-state index in [1.807, 2.05) is 62.4 Å². The Balaban J connectivity index is 1.63. The van der Waals surface area contributed by atoms with Gasteiger partial charge in [0.25, 0.3) is 0 Å². The molecular formula is C23H25N7O. The molecule has 0 fully saturated rings. The second-order valence-electron chi connectivity index (χ2n) is 7.27. The molecule has 0 bridgehead atoms. The molecule has 0 radical (unpaired) electrons. The van der Waals surface area contributed by atoms with Crippen molar-refractivity contribution in [2.45, 2.75) is 39.8 Å². The van der Waals surface area contributed by atoms with Gasteiger partial charge in [0, 0.05) is 18.5 Å². The third-order valence-corrected chi connectivity index (χ3v) is 5.10. The van der Waals surface area contributed by atoms with Crippen LogP contribution in [0.25, 0.3) is 22.5 Å². The number of tetrazole rings is 1. The van der Waals surface area contributed by atoms with Crippen molar-refractivity contribution in [1.29, 1.82) is 0 Å². The van der Waals surface area contributed by atoms with E-state index in [4.69, 9.17) is 0 Å². The third-order valence-electron chi connectivity index (χ3n) is 5.10. The Morgan fingerprint density at radius 2 is 1.84 bits per heavy atom. The molecular weight excluding hydrogens is 390 g/mol. The first-order chi connectivity index (χ1) is 15.2. The number of allylic oxidation sites excluding steroid dienone is 2. The number of rotatable bonds is 8. The largest absolute Gasteiger partial charge is 0.346 e. The lowest BCUT2D eigenvalue weighted by Gasteiger charge is -2.09. The second kappa shape index (κ2) is 9.34. The minimum absolute atomic E-state index is 0.0615. The maximum Gasteiger partial charge on any atom is 0.346 e. The number of aromatic amines is 1. The van der Waals surface area contributed by atoms with E-state index in [-0.39, 0.29) is 5.69 Å². The highest BCUT2D eigenvalue weighted by atomic mass is 16.2. The molecule has 4 aromatic rings. The van der Waals surface area contributed by atoms with Gasteiger partial charge in [-0.2, -0.15) is 5.10 Å². The molecule has 4 rings (SSSR count). The number of hydrogen-bond donors (Lipinski definition) is 1. The highest BCUT2D eigenvalue weighted by molar-refractivity contribution is 5.80. The molecule has 2 aromatic heterocycles. The van der Waals surface area contributed by atoms with Crippen LogP contribution in [0.3, 0.4) is 0 Å². The average molecular weight is 416 g/mol. The van der Waals surface area contributed by atoms with Crippen LogP contribution in [0.1, 0.15) is 31.7 Å². The van der Waals surface area contributed by atoms with Gasteiger partial charge in [-0.3, -0.25) is 4.57 Å². The van der Waals surface area contributed by atoms with Gasteiger partial charge in [0.1, 0.15) is 5.82 Å². The second-order valence-corrected chi connectivity index (χ2v) is 7.27. The lowest BCUT2D eigenvalue weighted by atomic mass is 9.98. The number of nitrogens with one attached hydrogen (secondary N) is 1. The van der Waals surface area contributed by atoms with Crippen molar-refractivity contribution in [2.24, 2.45) is 0 Å². The standard InChI is InChI=1S/C23H25N7O/c1-3-5-10-21-26-30(15-4-2)23(31)29(21)16-17-11-13-18(14-12-17)19-8-6-7-9-20(19)22-24-27-28-25-22/h3,5-9,11-14H,4,10,15-16H2,1-2H3,(H,24,25,27,28). The SMILES string of the molecule is CC=CCc1nn(CCC)c(=O)n1Cc1ccc(-c2ccccc2-c2nnn[nH]2)cc1. The Bertz CT molecular complexity index is 1220. The van der Waals surface area contributed by atoms with Crippen molar-refractivity contribution < 1.29 is 0 Å². The smallest absolute Gasteiger partial charge is 0.274 e. The Kier molecular flexibility index (Phi) is 6.16. The summed E-state index contributed by atoms with van der Waals surface area (Å²) in [6.07, 6.45) is 5.50. The van der Waals surface area contributed by atoms with E-state index in [0.29, 0.717) is 25.3 Å². The Labute approximate surface area is 180 Å². The van der Waals surface area contributed by atoms with Gasteiger partial charge in [-0.05, 0) is 40.5 Å². The Morgan fingerprint density at radius 1 is 1.06 bits per heavy atom. The molecule has 158 valence electrons. The number of nitrogens with zero attached hydrogens (tertiary/aromatic N) is 6. The predicted molar refractivity (Wildman–Crippen MR) is 119 cm³/mol. The zero-order chi connectivity index (χ0) is 21.6. The first-order valence-electron chi connectivity index (χ1n) is 10.4. The van der Waals surface area contributed by atoms with Crippen molar-refractivity contribution in [1.82, 2.24) is 35.0 Å². The molecule has 0 saturated heterocycles. The van der Waals surface area contributed by atoms with E-state index in [0.717, 1.165) is 34.5 Å². The number of hydrogen-bond acceptors (Lipinski definition) is 5. The van der Waals surface area contributed by atoms with Gasteiger partial charge in [-0.25, -0.2) is 14.6 Å². The molecule has 0 spiro atoms. The normalized spacial score (nSPS) is 11.4. The average Bonchev–Trinajstić information content (AvgIpc) is 3.43. The van der Waals surface area contributed by atoms with Crippen LogP contribution < -0.4 is 5.69 Å². The summed E-state index contributed by atoms with van der Waals surface area (Å²) in [6.45, 7) is 5.13. The molecule has 0 aliphatic rings. The molecule has 8 heteroatoms. The van der Waals surface area contributed by atoms with Crippen LogP contribution in [0.15, 0.2) is 65.5 Å². The molecule has 0 aliphatic heterocycles. The molecule has 0 aliphatic carbocycles. The molecule has 0 saturated carbocycles. The fourth-order valence-corrected chi connectivity index (χ4v) is 3.56. The zero-order valence-corrected chi connectivity index (χ0v) is 17.7. The number of aromatic nitrogens is 7. The Morgan fingerprint density at radius 3 is 2.52 bits per heavy atom. The van der Waals surface area contributed by atoms with Crippen LogP contribution >= 0.6 is 0 Å². The summed E-state index contributed by atoms with van der Waals surface area (Å²) in [4.78, 5) is 12.8. The fourth-order valence-electron chi connectivity index (χ4n) is 3.56. The van der Waals surface area contributed by atoms with Gasteiger partial charge >= 0.3 is 5.69 Å². The predicted octanol–water partition coefficient (Wildman–Crippen LogP) is 3.47. The third kappa shape index (κ3) is 4.37. The van der Waals surface area contributed by atoms with Crippen LogP contribution in [-0.4, -0.2) is 35.0 Å². The highest BCUT2D eigenvalue weighted by Crippen LogP contribution is 2.29.